The predicted octanol–water partition coefficient (Wildman–Crippen LogP) is 1.57. The molecular weight excluding hydrogens is 204 g/mol. The van der Waals surface area contributed by atoms with Gasteiger partial charge in [0.15, 0.2) is 0 Å². The lowest BCUT2D eigenvalue weighted by Crippen LogP contribution is -2.30. The number of nitrogen functional groups attached to an aromatic ring is 1. The second-order valence-electron chi connectivity index (χ2n) is 3.94. The molecular formula is C12H16N2O2. The maximum atomic E-state index is 11.5. The maximum Gasteiger partial charge on any atom is 0.268 e. The molecule has 0 radical (unpaired) electrons. The van der Waals surface area contributed by atoms with Crippen LogP contribution in [0.25, 0.3) is 0 Å². The van der Waals surface area contributed by atoms with Crippen molar-refractivity contribution in [1.82, 2.24) is 5.43 Å². The van der Waals surface area contributed by atoms with E-state index in [-0.39, 0.29) is 5.91 Å². The molecule has 1 aliphatic carbocycles. The van der Waals surface area contributed by atoms with E-state index in [9.17, 15) is 4.79 Å². The molecule has 1 aliphatic rings. The van der Waals surface area contributed by atoms with Crippen LogP contribution in [-0.2, 0) is 0 Å². The van der Waals surface area contributed by atoms with E-state index in [0.717, 1.165) is 0 Å². The van der Waals surface area contributed by atoms with E-state index < -0.39 is 0 Å². The standard InChI is InChI=1S/C12H16N2O2/c1-2-16-11-7-9(8-3-4-8)5-6-10(11)12(15)14-13/h5-8H,2-4,13H2,1H3,(H,14,15). The van der Waals surface area contributed by atoms with E-state index in [1.54, 1.807) is 6.07 Å². The van der Waals surface area contributed by atoms with Crippen molar-refractivity contribution in [2.45, 2.75) is 25.7 Å². The number of nitrogens with two attached hydrogens (primary N) is 1. The number of carbonyl (C=O) groups excluding carboxylic acids is 1. The highest BCUT2D eigenvalue weighted by atomic mass is 16.5. The number of amides is 1. The van der Waals surface area contributed by atoms with Gasteiger partial charge in [0.1, 0.15) is 5.75 Å². The highest BCUT2D eigenvalue weighted by Gasteiger charge is 2.25. The minimum absolute atomic E-state index is 0.314. The second kappa shape index (κ2) is 4.53. The van der Waals surface area contributed by atoms with Gasteiger partial charge >= 0.3 is 0 Å². The zero-order valence-corrected chi connectivity index (χ0v) is 9.32. The van der Waals surface area contributed by atoms with Gasteiger partial charge in [-0.15, -0.1) is 0 Å². The van der Waals surface area contributed by atoms with E-state index in [0.29, 0.717) is 23.8 Å². The summed E-state index contributed by atoms with van der Waals surface area (Å²) in [5.74, 6) is 6.08. The topological polar surface area (TPSA) is 64.3 Å². The van der Waals surface area contributed by atoms with Crippen LogP contribution in [0.15, 0.2) is 18.2 Å². The van der Waals surface area contributed by atoms with E-state index in [1.165, 1.54) is 18.4 Å². The van der Waals surface area contributed by atoms with Gasteiger partial charge in [0.25, 0.3) is 5.91 Å². The fourth-order valence-corrected chi connectivity index (χ4v) is 1.75. The van der Waals surface area contributed by atoms with Gasteiger partial charge in [0.05, 0.1) is 12.2 Å². The molecule has 0 aliphatic heterocycles. The first kappa shape index (κ1) is 11.0. The summed E-state index contributed by atoms with van der Waals surface area (Å²) in [6.07, 6.45) is 2.46. The van der Waals surface area contributed by atoms with E-state index in [1.807, 2.05) is 19.1 Å². The molecule has 0 unspecified atom stereocenters. The van der Waals surface area contributed by atoms with Crippen LogP contribution >= 0.6 is 0 Å². The van der Waals surface area contributed by atoms with Crippen LogP contribution in [0.1, 0.15) is 41.6 Å². The summed E-state index contributed by atoms with van der Waals surface area (Å²) in [7, 11) is 0. The van der Waals surface area contributed by atoms with Crippen LogP contribution in [0.3, 0.4) is 0 Å². The summed E-state index contributed by atoms with van der Waals surface area (Å²) in [6.45, 7) is 2.44. The van der Waals surface area contributed by atoms with Crippen molar-refractivity contribution in [1.29, 1.82) is 0 Å². The van der Waals surface area contributed by atoms with Crippen LogP contribution in [0, 0.1) is 0 Å². The average molecular weight is 220 g/mol. The van der Waals surface area contributed by atoms with E-state index in [2.05, 4.69) is 5.43 Å². The first-order valence-electron chi connectivity index (χ1n) is 5.54. The first-order valence-corrected chi connectivity index (χ1v) is 5.54. The SMILES string of the molecule is CCOc1cc(C2CC2)ccc1C(=O)NN. The molecule has 1 saturated carbocycles. The molecule has 2 rings (SSSR count). The molecule has 1 aromatic carbocycles. The summed E-state index contributed by atoms with van der Waals surface area (Å²) in [5.41, 5.74) is 3.87. The van der Waals surface area contributed by atoms with Crippen molar-refractivity contribution in [3.8, 4) is 5.75 Å². The summed E-state index contributed by atoms with van der Waals surface area (Å²) in [6, 6.07) is 5.71. The minimum Gasteiger partial charge on any atom is -0.493 e. The van der Waals surface area contributed by atoms with Crippen LogP contribution in [0.5, 0.6) is 5.75 Å². The van der Waals surface area contributed by atoms with Gasteiger partial charge in [-0.2, -0.15) is 0 Å². The van der Waals surface area contributed by atoms with Gasteiger partial charge in [-0.1, -0.05) is 6.07 Å². The molecule has 1 amide bonds. The molecule has 1 aromatic rings. The summed E-state index contributed by atoms with van der Waals surface area (Å²) >= 11 is 0. The molecule has 0 aromatic heterocycles. The van der Waals surface area contributed by atoms with Crippen molar-refractivity contribution in [3.05, 3.63) is 29.3 Å². The predicted molar refractivity (Wildman–Crippen MR) is 61.2 cm³/mol. The Morgan fingerprint density at radius 2 is 2.31 bits per heavy atom. The molecule has 3 N–H and O–H groups in total. The zero-order chi connectivity index (χ0) is 11.5. The van der Waals surface area contributed by atoms with E-state index in [4.69, 9.17) is 10.6 Å². The van der Waals surface area contributed by atoms with Crippen LogP contribution in [0.4, 0.5) is 0 Å². The smallest absolute Gasteiger partial charge is 0.268 e. The highest BCUT2D eigenvalue weighted by Crippen LogP contribution is 2.41. The summed E-state index contributed by atoms with van der Waals surface area (Å²) in [4.78, 5) is 11.5. The molecule has 0 spiro atoms. The molecule has 4 nitrogen and oxygen atoms in total. The lowest BCUT2D eigenvalue weighted by atomic mass is 10.1. The average Bonchev–Trinajstić information content (AvgIpc) is 3.12. The largest absolute Gasteiger partial charge is 0.493 e. The monoisotopic (exact) mass is 220 g/mol. The Hall–Kier alpha value is -1.55. The molecule has 0 bridgehead atoms. The number of benzene rings is 1. The number of hydrazine groups is 1. The molecule has 0 heterocycles. The maximum absolute atomic E-state index is 11.5. The summed E-state index contributed by atoms with van der Waals surface area (Å²) in [5, 5.41) is 0. The fraction of sp³-hybridized carbons (Fsp3) is 0.417. The van der Waals surface area contributed by atoms with Crippen molar-refractivity contribution in [3.63, 3.8) is 0 Å². The van der Waals surface area contributed by atoms with Crippen LogP contribution in [0.2, 0.25) is 0 Å². The van der Waals surface area contributed by atoms with Gasteiger partial charge in [-0.25, -0.2) is 5.84 Å². The Balaban J connectivity index is 2.32. The Kier molecular flexibility index (Phi) is 3.10. The van der Waals surface area contributed by atoms with E-state index >= 15 is 0 Å². The second-order valence-corrected chi connectivity index (χ2v) is 3.94. The number of rotatable bonds is 4. The van der Waals surface area contributed by atoms with Crippen LogP contribution in [-0.4, -0.2) is 12.5 Å². The Morgan fingerprint density at radius 1 is 1.56 bits per heavy atom. The molecule has 0 atom stereocenters. The Labute approximate surface area is 94.8 Å². The highest BCUT2D eigenvalue weighted by molar-refractivity contribution is 5.96. The Bertz CT molecular complexity index is 400. The number of nitrogens with one attached hydrogen (secondary N) is 1. The van der Waals surface area contributed by atoms with Gasteiger partial charge in [-0.05, 0) is 43.4 Å². The Morgan fingerprint density at radius 3 is 2.88 bits per heavy atom. The van der Waals surface area contributed by atoms with Crippen molar-refractivity contribution < 1.29 is 9.53 Å². The molecule has 4 heteroatoms. The number of ether oxygens (including phenoxy) is 1. The lowest BCUT2D eigenvalue weighted by molar-refractivity contribution is 0.0950. The lowest BCUT2D eigenvalue weighted by Gasteiger charge is -2.10. The zero-order valence-electron chi connectivity index (χ0n) is 9.32. The summed E-state index contributed by atoms with van der Waals surface area (Å²) < 4.78 is 5.46. The third-order valence-electron chi connectivity index (χ3n) is 2.73. The molecule has 1 fully saturated rings. The van der Waals surface area contributed by atoms with Crippen LogP contribution < -0.4 is 16.0 Å². The minimum atomic E-state index is -0.314. The third kappa shape index (κ3) is 2.17. The quantitative estimate of drug-likeness (QED) is 0.460. The normalized spacial score (nSPS) is 14.6. The van der Waals surface area contributed by atoms with Gasteiger partial charge in [-0.3, -0.25) is 10.2 Å². The molecule has 86 valence electrons. The number of hydrogen-bond donors (Lipinski definition) is 2. The van der Waals surface area contributed by atoms with Crippen molar-refractivity contribution in [2.75, 3.05) is 6.61 Å². The van der Waals surface area contributed by atoms with Gasteiger partial charge < -0.3 is 4.74 Å². The fourth-order valence-electron chi connectivity index (χ4n) is 1.75. The number of carbonyl (C=O) groups is 1. The van der Waals surface area contributed by atoms with Gasteiger partial charge in [0, 0.05) is 0 Å². The first-order chi connectivity index (χ1) is 7.76. The van der Waals surface area contributed by atoms with Gasteiger partial charge in [0.2, 0.25) is 0 Å². The van der Waals surface area contributed by atoms with Crippen molar-refractivity contribution in [2.24, 2.45) is 5.84 Å². The third-order valence-corrected chi connectivity index (χ3v) is 2.73. The molecule has 16 heavy (non-hydrogen) atoms. The number of hydrogen-bond acceptors (Lipinski definition) is 3. The molecule has 0 saturated heterocycles. The van der Waals surface area contributed by atoms with Crippen molar-refractivity contribution >= 4 is 5.91 Å².